The molecule has 0 aliphatic heterocycles. The fourth-order valence-electron chi connectivity index (χ4n) is 2.01. The molecule has 23 heavy (non-hydrogen) atoms. The van der Waals surface area contributed by atoms with Crippen LogP contribution in [0.5, 0.6) is 0 Å². The topological polar surface area (TPSA) is 55.4 Å². The van der Waals surface area contributed by atoms with Crippen LogP contribution in [0.2, 0.25) is 10.0 Å². The fourth-order valence-corrected chi connectivity index (χ4v) is 2.52. The molecule has 2 rings (SSSR count). The highest BCUT2D eigenvalue weighted by atomic mass is 35.5. The summed E-state index contributed by atoms with van der Waals surface area (Å²) in [7, 11) is 1.31. The minimum absolute atomic E-state index is 0.216. The summed E-state index contributed by atoms with van der Waals surface area (Å²) in [6.07, 6.45) is 0.599. The zero-order valence-electron chi connectivity index (χ0n) is 12.4. The Bertz CT molecular complexity index is 714. The summed E-state index contributed by atoms with van der Waals surface area (Å²) < 4.78 is 4.61. The molecule has 0 heterocycles. The molecule has 0 unspecified atom stereocenters. The minimum atomic E-state index is -0.436. The molecule has 1 amide bonds. The summed E-state index contributed by atoms with van der Waals surface area (Å²) in [5, 5.41) is 3.96. The van der Waals surface area contributed by atoms with Crippen molar-refractivity contribution in [3.05, 3.63) is 69.2 Å². The Kier molecular flexibility index (Phi) is 6.02. The Morgan fingerprint density at radius 1 is 1.04 bits per heavy atom. The van der Waals surface area contributed by atoms with Crippen LogP contribution >= 0.6 is 23.2 Å². The van der Waals surface area contributed by atoms with Crippen LogP contribution in [0.4, 0.5) is 0 Å². The number of methoxy groups -OCH3 is 1. The third-order valence-corrected chi connectivity index (χ3v) is 3.85. The van der Waals surface area contributed by atoms with E-state index in [-0.39, 0.29) is 5.91 Å². The van der Waals surface area contributed by atoms with Gasteiger partial charge in [-0.1, -0.05) is 29.3 Å². The molecule has 6 heteroatoms. The average molecular weight is 352 g/mol. The zero-order chi connectivity index (χ0) is 16.8. The molecule has 0 radical (unpaired) electrons. The van der Waals surface area contributed by atoms with E-state index in [0.717, 1.165) is 5.56 Å². The molecule has 0 spiro atoms. The Balaban J connectivity index is 1.90. The number of carbonyl (C=O) groups is 2. The van der Waals surface area contributed by atoms with Crippen molar-refractivity contribution in [2.75, 3.05) is 13.7 Å². The quantitative estimate of drug-likeness (QED) is 0.834. The van der Waals surface area contributed by atoms with Crippen molar-refractivity contribution >= 4 is 35.1 Å². The van der Waals surface area contributed by atoms with Crippen molar-refractivity contribution < 1.29 is 14.3 Å². The van der Waals surface area contributed by atoms with Gasteiger partial charge in [0, 0.05) is 22.2 Å². The number of halogens is 2. The normalized spacial score (nSPS) is 10.2. The number of hydrogen-bond donors (Lipinski definition) is 1. The summed E-state index contributed by atoms with van der Waals surface area (Å²) >= 11 is 11.9. The Labute approximate surface area is 144 Å². The largest absolute Gasteiger partial charge is 0.465 e. The average Bonchev–Trinajstić information content (AvgIpc) is 2.56. The summed E-state index contributed by atoms with van der Waals surface area (Å²) in [4.78, 5) is 23.4. The lowest BCUT2D eigenvalue weighted by Crippen LogP contribution is -2.25. The van der Waals surface area contributed by atoms with Gasteiger partial charge in [0.2, 0.25) is 0 Å². The summed E-state index contributed by atoms with van der Waals surface area (Å²) in [6.45, 7) is 0.443. The maximum Gasteiger partial charge on any atom is 0.337 e. The van der Waals surface area contributed by atoms with E-state index in [1.807, 2.05) is 6.07 Å². The van der Waals surface area contributed by atoms with Gasteiger partial charge in [-0.25, -0.2) is 4.79 Å². The number of rotatable bonds is 5. The van der Waals surface area contributed by atoms with E-state index in [2.05, 4.69) is 10.1 Å². The van der Waals surface area contributed by atoms with Crippen molar-refractivity contribution in [3.63, 3.8) is 0 Å². The van der Waals surface area contributed by atoms with Crippen molar-refractivity contribution in [2.45, 2.75) is 6.42 Å². The number of amides is 1. The van der Waals surface area contributed by atoms with E-state index in [0.29, 0.717) is 34.1 Å². The number of hydrogen-bond acceptors (Lipinski definition) is 3. The molecule has 0 atom stereocenters. The van der Waals surface area contributed by atoms with Crippen LogP contribution < -0.4 is 5.32 Å². The van der Waals surface area contributed by atoms with Gasteiger partial charge in [-0.2, -0.15) is 0 Å². The number of nitrogens with one attached hydrogen (secondary N) is 1. The minimum Gasteiger partial charge on any atom is -0.465 e. The molecular formula is C17H15Cl2NO3. The van der Waals surface area contributed by atoms with Gasteiger partial charge in [0.05, 0.1) is 12.7 Å². The Morgan fingerprint density at radius 3 is 2.30 bits per heavy atom. The predicted octanol–water partition coefficient (Wildman–Crippen LogP) is 3.75. The molecule has 1 N–H and O–H groups in total. The fraction of sp³-hybridized carbons (Fsp3) is 0.176. The van der Waals surface area contributed by atoms with E-state index >= 15 is 0 Å². The molecule has 0 aromatic heterocycles. The third kappa shape index (κ3) is 4.71. The molecule has 0 saturated carbocycles. The van der Waals surface area contributed by atoms with Gasteiger partial charge in [0.25, 0.3) is 5.91 Å². The second-order valence-corrected chi connectivity index (χ2v) is 5.65. The molecule has 0 aliphatic carbocycles. The summed E-state index contributed by atoms with van der Waals surface area (Å²) in [5.41, 5.74) is 1.79. The zero-order valence-corrected chi connectivity index (χ0v) is 13.9. The number of carbonyl (C=O) groups excluding carboxylic acids is 2. The van der Waals surface area contributed by atoms with Gasteiger partial charge in [0.1, 0.15) is 0 Å². The summed E-state index contributed by atoms with van der Waals surface area (Å²) in [6, 6.07) is 11.5. The van der Waals surface area contributed by atoms with E-state index in [1.54, 1.807) is 36.4 Å². The van der Waals surface area contributed by atoms with Crippen LogP contribution in [0.25, 0.3) is 0 Å². The first kappa shape index (κ1) is 17.3. The van der Waals surface area contributed by atoms with Crippen LogP contribution in [0, 0.1) is 0 Å². The predicted molar refractivity (Wildman–Crippen MR) is 90.3 cm³/mol. The van der Waals surface area contributed by atoms with Crippen LogP contribution in [-0.2, 0) is 11.2 Å². The lowest BCUT2D eigenvalue weighted by molar-refractivity contribution is 0.0600. The van der Waals surface area contributed by atoms with E-state index in [9.17, 15) is 9.59 Å². The highest BCUT2D eigenvalue weighted by Crippen LogP contribution is 2.21. The first-order chi connectivity index (χ1) is 11.0. The molecule has 120 valence electrons. The third-order valence-electron chi connectivity index (χ3n) is 3.26. The van der Waals surface area contributed by atoms with Gasteiger partial charge in [-0.3, -0.25) is 4.79 Å². The molecule has 0 fully saturated rings. The van der Waals surface area contributed by atoms with E-state index in [1.165, 1.54) is 7.11 Å². The van der Waals surface area contributed by atoms with Crippen LogP contribution in [-0.4, -0.2) is 25.5 Å². The lowest BCUT2D eigenvalue weighted by Gasteiger charge is -2.07. The highest BCUT2D eigenvalue weighted by molar-refractivity contribution is 6.35. The maximum atomic E-state index is 12.0. The lowest BCUT2D eigenvalue weighted by atomic mass is 10.1. The van der Waals surface area contributed by atoms with Crippen molar-refractivity contribution in [1.29, 1.82) is 0 Å². The maximum absolute atomic E-state index is 12.0. The highest BCUT2D eigenvalue weighted by Gasteiger charge is 2.09. The molecule has 0 aliphatic rings. The van der Waals surface area contributed by atoms with Crippen LogP contribution in [0.3, 0.4) is 0 Å². The van der Waals surface area contributed by atoms with Crippen molar-refractivity contribution in [1.82, 2.24) is 5.32 Å². The Hall–Kier alpha value is -2.04. The van der Waals surface area contributed by atoms with Gasteiger partial charge < -0.3 is 10.1 Å². The second-order valence-electron chi connectivity index (χ2n) is 4.81. The van der Waals surface area contributed by atoms with Crippen molar-refractivity contribution in [2.24, 2.45) is 0 Å². The molecular weight excluding hydrogens is 337 g/mol. The number of ether oxygens (including phenoxy) is 1. The van der Waals surface area contributed by atoms with E-state index < -0.39 is 5.97 Å². The van der Waals surface area contributed by atoms with E-state index in [4.69, 9.17) is 23.2 Å². The monoisotopic (exact) mass is 351 g/mol. The molecule has 4 nitrogen and oxygen atoms in total. The van der Waals surface area contributed by atoms with Crippen molar-refractivity contribution in [3.8, 4) is 0 Å². The molecule has 0 bridgehead atoms. The second kappa shape index (κ2) is 7.99. The van der Waals surface area contributed by atoms with Crippen LogP contribution in [0.1, 0.15) is 26.3 Å². The molecule has 2 aromatic rings. The number of benzene rings is 2. The molecule has 2 aromatic carbocycles. The summed E-state index contributed by atoms with van der Waals surface area (Å²) in [5.74, 6) is -0.652. The Morgan fingerprint density at radius 2 is 1.70 bits per heavy atom. The number of esters is 1. The van der Waals surface area contributed by atoms with Gasteiger partial charge in [-0.05, 0) is 48.4 Å². The smallest absolute Gasteiger partial charge is 0.337 e. The van der Waals surface area contributed by atoms with Gasteiger partial charge in [-0.15, -0.1) is 0 Å². The SMILES string of the molecule is COC(=O)c1ccc(C(=O)NCCc2ccc(Cl)cc2Cl)cc1. The van der Waals surface area contributed by atoms with Gasteiger partial charge in [0.15, 0.2) is 0 Å². The molecule has 0 saturated heterocycles. The van der Waals surface area contributed by atoms with Gasteiger partial charge >= 0.3 is 5.97 Å². The first-order valence-electron chi connectivity index (χ1n) is 6.92. The standard InChI is InChI=1S/C17H15Cl2NO3/c1-23-17(22)13-4-2-12(3-5-13)16(21)20-9-8-11-6-7-14(18)10-15(11)19/h2-7,10H,8-9H2,1H3,(H,20,21). The first-order valence-corrected chi connectivity index (χ1v) is 7.67. The van der Waals surface area contributed by atoms with Crippen LogP contribution in [0.15, 0.2) is 42.5 Å².